The molecule has 4 heteroatoms. The van der Waals surface area contributed by atoms with Crippen LogP contribution in [0.25, 0.3) is 32.8 Å². The third-order valence-electron chi connectivity index (χ3n) is 10.1. The molecule has 0 atom stereocenters. The Balaban J connectivity index is 0.000000309. The van der Waals surface area contributed by atoms with Crippen LogP contribution < -0.4 is 0 Å². The summed E-state index contributed by atoms with van der Waals surface area (Å²) in [7, 11) is 0. The number of fused-ring (bicyclic) bond motifs is 3. The summed E-state index contributed by atoms with van der Waals surface area (Å²) in [4.78, 5) is 16.5. The zero-order chi connectivity index (χ0) is 32.7. The van der Waals surface area contributed by atoms with Gasteiger partial charge in [-0.3, -0.25) is 4.79 Å². The Labute approximate surface area is 291 Å². The van der Waals surface area contributed by atoms with Crippen LogP contribution in [0.3, 0.4) is 0 Å². The van der Waals surface area contributed by atoms with E-state index in [1.54, 1.807) is 0 Å². The molecule has 1 aliphatic carbocycles. The number of aryl methyl sites for hydroxylation is 2. The molecule has 46 heavy (non-hydrogen) atoms. The van der Waals surface area contributed by atoms with Gasteiger partial charge in [0.1, 0.15) is 0 Å². The molecule has 0 unspecified atom stereocenters. The molecule has 0 amide bonds. The molecule has 0 bridgehead atoms. The van der Waals surface area contributed by atoms with E-state index in [2.05, 4.69) is 82.3 Å². The average Bonchev–Trinajstić information content (AvgIpc) is 3.01. The number of nitrogens with zero attached hydrogens (tertiary/aromatic N) is 1. The molecule has 1 aromatic heterocycles. The Bertz CT molecular complexity index is 1610. The summed E-state index contributed by atoms with van der Waals surface area (Å²) >= 11 is 0. The van der Waals surface area contributed by atoms with E-state index in [4.69, 9.17) is 4.98 Å². The van der Waals surface area contributed by atoms with E-state index >= 15 is 0 Å². The van der Waals surface area contributed by atoms with E-state index in [1.165, 1.54) is 64.4 Å². The molecule has 3 aromatic carbocycles. The van der Waals surface area contributed by atoms with Crippen molar-refractivity contribution < 1.29 is 30.0 Å². The van der Waals surface area contributed by atoms with Gasteiger partial charge in [-0.25, -0.2) is 0 Å². The summed E-state index contributed by atoms with van der Waals surface area (Å²) in [5.41, 5.74) is 6.56. The first kappa shape index (κ1) is 37.6. The van der Waals surface area contributed by atoms with Crippen LogP contribution in [0.15, 0.2) is 66.6 Å². The molecule has 0 saturated heterocycles. The number of carbonyl (C=O) groups excluding carboxylic acids is 1. The number of allylic oxidation sites excluding steroid dienone is 2. The average molecular weight is 797 g/mol. The molecular formula is C42H54IrNO2-. The van der Waals surface area contributed by atoms with Crippen molar-refractivity contribution in [1.29, 1.82) is 0 Å². The number of rotatable bonds is 9. The van der Waals surface area contributed by atoms with Gasteiger partial charge in [0, 0.05) is 44.2 Å². The molecule has 3 nitrogen and oxygen atoms in total. The fourth-order valence-corrected chi connectivity index (χ4v) is 7.13. The predicted molar refractivity (Wildman–Crippen MR) is 192 cm³/mol. The molecule has 249 valence electrons. The maximum absolute atomic E-state index is 11.7. The van der Waals surface area contributed by atoms with Crippen molar-refractivity contribution in [3.63, 3.8) is 0 Å². The molecule has 1 heterocycles. The monoisotopic (exact) mass is 797 g/mol. The van der Waals surface area contributed by atoms with E-state index in [0.717, 1.165) is 42.5 Å². The molecule has 0 spiro atoms. The third kappa shape index (κ3) is 8.96. The molecule has 5 rings (SSSR count). The molecule has 1 saturated carbocycles. The van der Waals surface area contributed by atoms with Gasteiger partial charge in [-0.1, -0.05) is 85.7 Å². The summed E-state index contributed by atoms with van der Waals surface area (Å²) in [5, 5.41) is 15.0. The number of aliphatic hydroxyl groups excluding tert-OH is 1. The van der Waals surface area contributed by atoms with Gasteiger partial charge in [0.05, 0.1) is 5.76 Å². The minimum Gasteiger partial charge on any atom is -0.512 e. The Morgan fingerprint density at radius 1 is 0.891 bits per heavy atom. The summed E-state index contributed by atoms with van der Waals surface area (Å²) in [6.45, 7) is 17.1. The zero-order valence-corrected chi connectivity index (χ0v) is 31.7. The predicted octanol–water partition coefficient (Wildman–Crippen LogP) is 12.0. The smallest absolute Gasteiger partial charge is 0.162 e. The number of pyridine rings is 1. The van der Waals surface area contributed by atoms with E-state index in [-0.39, 0.29) is 43.5 Å². The second-order valence-electron chi connectivity index (χ2n) is 14.0. The van der Waals surface area contributed by atoms with Gasteiger partial charge in [-0.05, 0) is 102 Å². The number of hydrogen-bond donors (Lipinski definition) is 1. The van der Waals surface area contributed by atoms with Crippen LogP contribution >= 0.6 is 0 Å². The Morgan fingerprint density at radius 3 is 2.11 bits per heavy atom. The number of hydrogen-bond acceptors (Lipinski definition) is 3. The molecule has 0 aliphatic heterocycles. The minimum atomic E-state index is 0. The van der Waals surface area contributed by atoms with Crippen LogP contribution in [0.4, 0.5) is 0 Å². The maximum atomic E-state index is 11.7. The van der Waals surface area contributed by atoms with Gasteiger partial charge >= 0.3 is 0 Å². The van der Waals surface area contributed by atoms with E-state index in [9.17, 15) is 9.90 Å². The van der Waals surface area contributed by atoms with Crippen LogP contribution in [-0.2, 0) is 24.9 Å². The van der Waals surface area contributed by atoms with Crippen molar-refractivity contribution in [3.05, 3.63) is 89.3 Å². The fraction of sp³-hybridized carbons (Fsp3) is 0.476. The van der Waals surface area contributed by atoms with Gasteiger partial charge in [0.25, 0.3) is 0 Å². The zero-order valence-electron chi connectivity index (χ0n) is 29.3. The van der Waals surface area contributed by atoms with Crippen LogP contribution in [0.2, 0.25) is 0 Å². The molecular weight excluding hydrogens is 743 g/mol. The Morgan fingerprint density at radius 2 is 1.50 bits per heavy atom. The van der Waals surface area contributed by atoms with Crippen LogP contribution in [0.1, 0.15) is 116 Å². The topological polar surface area (TPSA) is 50.2 Å². The normalized spacial score (nSPS) is 15.1. The third-order valence-corrected chi connectivity index (χ3v) is 10.1. The number of carbonyl (C=O) groups is 1. The molecule has 1 aliphatic rings. The van der Waals surface area contributed by atoms with Crippen LogP contribution in [-0.4, -0.2) is 15.9 Å². The number of aliphatic hydroxyl groups is 1. The maximum Gasteiger partial charge on any atom is 0.162 e. The van der Waals surface area contributed by atoms with Gasteiger partial charge in [0.2, 0.25) is 0 Å². The largest absolute Gasteiger partial charge is 0.512 e. The Hall–Kier alpha value is -2.81. The van der Waals surface area contributed by atoms with Gasteiger partial charge in [0.15, 0.2) is 5.78 Å². The van der Waals surface area contributed by atoms with Crippen LogP contribution in [0.5, 0.6) is 0 Å². The van der Waals surface area contributed by atoms with Crippen molar-refractivity contribution >= 4 is 27.3 Å². The quantitative estimate of drug-likeness (QED) is 0.0794. The standard InChI is InChI=1S/C29H30N.C13H24O2.Ir/c1-19-16-20(2)18-22(17-19)28-27-9-8-25-23(21-10-13-29(3,4)14-11-21)6-5-7-24(25)26(27)12-15-30-28;1-5-10(6-2)12(14)9-13(15)11(7-3)8-4;/h5-9,12,15-17,21H,10-11,13-14H2,1-4H3;9-11,14H,5-8H2,1-4H3;/q-1;;/b;12-9-;. The van der Waals surface area contributed by atoms with E-state index < -0.39 is 0 Å². The number of aromatic nitrogens is 1. The summed E-state index contributed by atoms with van der Waals surface area (Å²) in [6, 6.07) is 21.6. The fourth-order valence-electron chi connectivity index (χ4n) is 7.13. The Kier molecular flexibility index (Phi) is 13.8. The van der Waals surface area contributed by atoms with Crippen molar-refractivity contribution in [2.45, 2.75) is 113 Å². The summed E-state index contributed by atoms with van der Waals surface area (Å²) < 4.78 is 0. The minimum absolute atomic E-state index is 0. The second-order valence-corrected chi connectivity index (χ2v) is 14.0. The van der Waals surface area contributed by atoms with Crippen LogP contribution in [0, 0.1) is 37.2 Å². The van der Waals surface area contributed by atoms with E-state index in [1.807, 2.05) is 33.9 Å². The van der Waals surface area contributed by atoms with Gasteiger partial charge in [-0.15, -0.1) is 34.9 Å². The van der Waals surface area contributed by atoms with Gasteiger partial charge in [-0.2, -0.15) is 0 Å². The first-order valence-electron chi connectivity index (χ1n) is 17.3. The first-order valence-corrected chi connectivity index (χ1v) is 17.3. The molecule has 1 radical (unpaired) electrons. The van der Waals surface area contributed by atoms with Crippen molar-refractivity contribution in [2.75, 3.05) is 0 Å². The second kappa shape index (κ2) is 16.8. The van der Waals surface area contributed by atoms with Crippen molar-refractivity contribution in [1.82, 2.24) is 4.98 Å². The molecule has 1 N–H and O–H groups in total. The molecule has 4 aromatic rings. The summed E-state index contributed by atoms with van der Waals surface area (Å²) in [6.07, 6.45) is 12.1. The van der Waals surface area contributed by atoms with Gasteiger partial charge < -0.3 is 10.1 Å². The van der Waals surface area contributed by atoms with Crippen molar-refractivity contribution in [2.24, 2.45) is 17.3 Å². The summed E-state index contributed by atoms with van der Waals surface area (Å²) in [5.74, 6) is 1.22. The van der Waals surface area contributed by atoms with Crippen molar-refractivity contribution in [3.8, 4) is 11.3 Å². The first-order chi connectivity index (χ1) is 21.5. The molecule has 1 fully saturated rings. The number of benzene rings is 3. The van der Waals surface area contributed by atoms with E-state index in [0.29, 0.717) is 11.3 Å². The number of ketones is 1. The SMILES string of the molecule is CCC(CC)C(=O)/C=C(\O)C(CC)CC.Cc1[c-]c(-c2nccc3c2ccc2c(C4CCC(C)(C)CC4)cccc23)cc(C)c1.[Ir].